The minimum atomic E-state index is -0.293. The summed E-state index contributed by atoms with van der Waals surface area (Å²) in [4.78, 5) is 29.5. The number of hydrogen-bond acceptors (Lipinski definition) is 2. The van der Waals surface area contributed by atoms with Gasteiger partial charge in [-0.15, -0.1) is 0 Å². The van der Waals surface area contributed by atoms with Gasteiger partial charge in [-0.1, -0.05) is 29.8 Å². The topological polar surface area (TPSA) is 40.6 Å². The summed E-state index contributed by atoms with van der Waals surface area (Å²) >= 11 is 0. The lowest BCUT2D eigenvalue weighted by atomic mass is 9.98. The van der Waals surface area contributed by atoms with Gasteiger partial charge in [0.25, 0.3) is 5.91 Å². The van der Waals surface area contributed by atoms with Crippen molar-refractivity contribution in [3.63, 3.8) is 0 Å². The fourth-order valence-electron chi connectivity index (χ4n) is 4.50. The summed E-state index contributed by atoms with van der Waals surface area (Å²) in [6.07, 6.45) is 2.30. The first-order valence-electron chi connectivity index (χ1n) is 9.91. The maximum Gasteiger partial charge on any atom is 0.253 e. The molecule has 0 aliphatic carbocycles. The van der Waals surface area contributed by atoms with Gasteiger partial charge in [0, 0.05) is 31.6 Å². The van der Waals surface area contributed by atoms with Crippen LogP contribution in [0.2, 0.25) is 0 Å². The summed E-state index contributed by atoms with van der Waals surface area (Å²) in [5, 5.41) is 0. The van der Waals surface area contributed by atoms with Gasteiger partial charge >= 0.3 is 0 Å². The van der Waals surface area contributed by atoms with E-state index >= 15 is 0 Å². The fraction of sp³-hybridized carbons (Fsp3) is 0.391. The second-order valence-corrected chi connectivity index (χ2v) is 7.95. The van der Waals surface area contributed by atoms with Crippen molar-refractivity contribution in [2.75, 3.05) is 13.1 Å². The van der Waals surface area contributed by atoms with Crippen molar-refractivity contribution in [3.05, 3.63) is 71.0 Å². The summed E-state index contributed by atoms with van der Waals surface area (Å²) in [6.45, 7) is 3.58. The molecule has 5 heteroatoms. The minimum Gasteiger partial charge on any atom is -0.336 e. The van der Waals surface area contributed by atoms with Crippen molar-refractivity contribution in [1.82, 2.24) is 9.80 Å². The Morgan fingerprint density at radius 2 is 1.96 bits per heavy atom. The van der Waals surface area contributed by atoms with Gasteiger partial charge in [0.2, 0.25) is 5.91 Å². The molecule has 2 fully saturated rings. The molecule has 2 saturated heterocycles. The molecule has 0 N–H and O–H groups in total. The standard InChI is InChI=1S/C23H25FN2O2/c1-16-5-2-7-18(11-16)23(28)25-14-19-8-4-10-22(27)26(21(19)15-25)13-17-6-3-9-20(24)12-17/h2-3,5-7,9,11-12,19,21H,4,8,10,13-15H2,1H3/t19-,21+/m1/s1. The smallest absolute Gasteiger partial charge is 0.253 e. The van der Waals surface area contributed by atoms with Crippen LogP contribution in [0.25, 0.3) is 0 Å². The maximum absolute atomic E-state index is 13.6. The van der Waals surface area contributed by atoms with Gasteiger partial charge in [-0.2, -0.15) is 0 Å². The molecular formula is C23H25FN2O2. The number of fused-ring (bicyclic) bond motifs is 1. The van der Waals surface area contributed by atoms with Crippen LogP contribution in [-0.2, 0) is 11.3 Å². The quantitative estimate of drug-likeness (QED) is 0.813. The lowest BCUT2D eigenvalue weighted by molar-refractivity contribution is -0.133. The Hall–Kier alpha value is -2.69. The van der Waals surface area contributed by atoms with E-state index in [4.69, 9.17) is 0 Å². The highest BCUT2D eigenvalue weighted by atomic mass is 19.1. The second kappa shape index (κ2) is 7.74. The van der Waals surface area contributed by atoms with Crippen LogP contribution in [0.1, 0.15) is 40.7 Å². The molecule has 0 aromatic heterocycles. The van der Waals surface area contributed by atoms with E-state index in [0.717, 1.165) is 24.0 Å². The van der Waals surface area contributed by atoms with Gasteiger partial charge in [-0.05, 0) is 55.5 Å². The zero-order valence-electron chi connectivity index (χ0n) is 16.1. The van der Waals surface area contributed by atoms with Crippen molar-refractivity contribution in [2.45, 2.75) is 38.8 Å². The third-order valence-electron chi connectivity index (χ3n) is 5.89. The number of halogens is 1. The zero-order valence-corrected chi connectivity index (χ0v) is 16.1. The fourth-order valence-corrected chi connectivity index (χ4v) is 4.50. The summed E-state index contributed by atoms with van der Waals surface area (Å²) in [7, 11) is 0. The number of rotatable bonds is 3. The van der Waals surface area contributed by atoms with Crippen LogP contribution in [0, 0.1) is 18.7 Å². The van der Waals surface area contributed by atoms with Gasteiger partial charge in [-0.25, -0.2) is 4.39 Å². The molecular weight excluding hydrogens is 355 g/mol. The highest BCUT2D eigenvalue weighted by Crippen LogP contribution is 2.32. The Morgan fingerprint density at radius 3 is 2.75 bits per heavy atom. The Bertz CT molecular complexity index is 898. The Labute approximate surface area is 164 Å². The van der Waals surface area contributed by atoms with Crippen LogP contribution in [-0.4, -0.2) is 40.7 Å². The summed E-state index contributed by atoms with van der Waals surface area (Å²) in [6, 6.07) is 14.0. The summed E-state index contributed by atoms with van der Waals surface area (Å²) < 4.78 is 13.6. The number of amides is 2. The molecule has 2 aliphatic heterocycles. The number of nitrogens with zero attached hydrogens (tertiary/aromatic N) is 2. The van der Waals surface area contributed by atoms with E-state index in [-0.39, 0.29) is 29.6 Å². The summed E-state index contributed by atoms with van der Waals surface area (Å²) in [5.41, 5.74) is 2.54. The number of carbonyl (C=O) groups is 2. The van der Waals surface area contributed by atoms with E-state index < -0.39 is 0 Å². The first-order chi connectivity index (χ1) is 13.5. The molecule has 0 saturated carbocycles. The molecule has 2 aromatic carbocycles. The van der Waals surface area contributed by atoms with Crippen molar-refractivity contribution in [1.29, 1.82) is 0 Å². The molecule has 0 bridgehead atoms. The molecule has 2 heterocycles. The number of benzene rings is 2. The first-order valence-corrected chi connectivity index (χ1v) is 9.91. The van der Waals surface area contributed by atoms with E-state index in [1.165, 1.54) is 12.1 Å². The van der Waals surface area contributed by atoms with Crippen LogP contribution in [0.15, 0.2) is 48.5 Å². The highest BCUT2D eigenvalue weighted by Gasteiger charge is 2.41. The van der Waals surface area contributed by atoms with E-state index in [2.05, 4.69) is 0 Å². The summed E-state index contributed by atoms with van der Waals surface area (Å²) in [5.74, 6) is 0.101. The zero-order chi connectivity index (χ0) is 19.7. The second-order valence-electron chi connectivity index (χ2n) is 7.95. The van der Waals surface area contributed by atoms with Gasteiger partial charge in [0.1, 0.15) is 5.82 Å². The van der Waals surface area contributed by atoms with Crippen molar-refractivity contribution in [2.24, 2.45) is 5.92 Å². The lowest BCUT2D eigenvalue weighted by Gasteiger charge is -2.30. The lowest BCUT2D eigenvalue weighted by Crippen LogP contribution is -2.43. The third kappa shape index (κ3) is 3.79. The van der Waals surface area contributed by atoms with Crippen LogP contribution in [0.5, 0.6) is 0 Å². The monoisotopic (exact) mass is 380 g/mol. The molecule has 0 spiro atoms. The van der Waals surface area contributed by atoms with Gasteiger partial charge < -0.3 is 9.80 Å². The molecule has 4 nitrogen and oxygen atoms in total. The van der Waals surface area contributed by atoms with Gasteiger partial charge in [0.15, 0.2) is 0 Å². The minimum absolute atomic E-state index is 0.00738. The van der Waals surface area contributed by atoms with Crippen LogP contribution in [0.3, 0.4) is 0 Å². The van der Waals surface area contributed by atoms with Crippen molar-refractivity contribution in [3.8, 4) is 0 Å². The molecule has 4 rings (SSSR count). The van der Waals surface area contributed by atoms with Gasteiger partial charge in [0.05, 0.1) is 6.04 Å². The molecule has 2 amide bonds. The predicted octanol–water partition coefficient (Wildman–Crippen LogP) is 3.79. The molecule has 0 unspecified atom stereocenters. The number of aryl methyl sites for hydroxylation is 1. The van der Waals surface area contributed by atoms with Crippen LogP contribution < -0.4 is 0 Å². The SMILES string of the molecule is Cc1cccc(C(=O)N2C[C@H]3CCCC(=O)N(Cc4cccc(F)c4)[C@H]3C2)c1. The molecule has 2 aromatic rings. The third-order valence-corrected chi connectivity index (χ3v) is 5.89. The molecule has 0 radical (unpaired) electrons. The van der Waals surface area contributed by atoms with Crippen LogP contribution >= 0.6 is 0 Å². The number of carbonyl (C=O) groups excluding carboxylic acids is 2. The van der Waals surface area contributed by atoms with E-state index in [0.29, 0.717) is 31.6 Å². The number of likely N-dealkylation sites (tertiary alicyclic amines) is 2. The van der Waals surface area contributed by atoms with E-state index in [1.807, 2.05) is 47.1 Å². The average Bonchev–Trinajstić information content (AvgIpc) is 3.03. The predicted molar refractivity (Wildman–Crippen MR) is 105 cm³/mol. The van der Waals surface area contributed by atoms with Crippen molar-refractivity contribution < 1.29 is 14.0 Å². The largest absolute Gasteiger partial charge is 0.336 e. The van der Waals surface area contributed by atoms with E-state index in [9.17, 15) is 14.0 Å². The van der Waals surface area contributed by atoms with Crippen LogP contribution in [0.4, 0.5) is 4.39 Å². The molecule has 28 heavy (non-hydrogen) atoms. The molecule has 146 valence electrons. The Morgan fingerprint density at radius 1 is 1.14 bits per heavy atom. The van der Waals surface area contributed by atoms with E-state index in [1.54, 1.807) is 6.07 Å². The molecule has 2 aliphatic rings. The van der Waals surface area contributed by atoms with Crippen molar-refractivity contribution >= 4 is 11.8 Å². The normalized spacial score (nSPS) is 22.1. The highest BCUT2D eigenvalue weighted by molar-refractivity contribution is 5.94. The number of hydrogen-bond donors (Lipinski definition) is 0. The molecule has 2 atom stereocenters. The maximum atomic E-state index is 13.6. The van der Waals surface area contributed by atoms with Gasteiger partial charge in [-0.3, -0.25) is 9.59 Å². The Kier molecular flexibility index (Phi) is 5.16. The average molecular weight is 380 g/mol. The first kappa shape index (κ1) is 18.7. The Balaban J connectivity index is 1.55.